The third kappa shape index (κ3) is 3.02. The van der Waals surface area contributed by atoms with Gasteiger partial charge in [0.2, 0.25) is 0 Å². The van der Waals surface area contributed by atoms with Crippen LogP contribution >= 0.6 is 0 Å². The molecule has 1 aromatic rings. The van der Waals surface area contributed by atoms with Gasteiger partial charge in [-0.2, -0.15) is 0 Å². The first-order valence-electron chi connectivity index (χ1n) is 5.41. The van der Waals surface area contributed by atoms with E-state index in [4.69, 9.17) is 0 Å². The Balaban J connectivity index is 3.28. The number of anilines is 1. The minimum absolute atomic E-state index is 0.516. The monoisotopic (exact) mass is 257 g/mol. The van der Waals surface area contributed by atoms with Crippen molar-refractivity contribution in [1.82, 2.24) is 10.2 Å². The van der Waals surface area contributed by atoms with Gasteiger partial charge >= 0.3 is 0 Å². The van der Waals surface area contributed by atoms with Crippen LogP contribution in [-0.4, -0.2) is 26.7 Å². The van der Waals surface area contributed by atoms with Crippen LogP contribution in [0.1, 0.15) is 0 Å². The molecule has 0 aliphatic rings. The predicted molar refractivity (Wildman–Crippen MR) is 71.1 cm³/mol. The molecule has 0 unspecified atom stereocenters. The average Bonchev–Trinajstić information content (AvgIpc) is 1.97. The maximum atomic E-state index is 11.2. The van der Waals surface area contributed by atoms with E-state index in [0.717, 1.165) is 5.82 Å². The third-order valence-electron chi connectivity index (χ3n) is 2.20. The number of aromatic amines is 1. The first kappa shape index (κ1) is 13.1. The van der Waals surface area contributed by atoms with Gasteiger partial charge in [-0.1, -0.05) is 44.4 Å². The van der Waals surface area contributed by atoms with Gasteiger partial charge in [-0.25, -0.2) is 0 Å². The zero-order valence-corrected chi connectivity index (χ0v) is 12.9. The number of rotatable bonds is 3. The molecule has 0 atom stereocenters. The van der Waals surface area contributed by atoms with Crippen LogP contribution in [0.25, 0.3) is 0 Å². The number of nitrogens with one attached hydrogen (secondary N) is 1. The Morgan fingerprint density at radius 1 is 1.19 bits per heavy atom. The summed E-state index contributed by atoms with van der Waals surface area (Å²) in [6.07, 6.45) is 1.55. The third-order valence-corrected chi connectivity index (χ3v) is 9.39. The van der Waals surface area contributed by atoms with Crippen LogP contribution in [0.4, 0.5) is 5.82 Å². The van der Waals surface area contributed by atoms with Crippen molar-refractivity contribution in [3.05, 3.63) is 17.2 Å². The summed E-state index contributed by atoms with van der Waals surface area (Å²) in [5.41, 5.74) is 0. The summed E-state index contributed by atoms with van der Waals surface area (Å²) in [5.74, 6) is 0.892. The highest BCUT2D eigenvalue weighted by Gasteiger charge is 2.36. The summed E-state index contributed by atoms with van der Waals surface area (Å²) in [7, 11) is -3.00. The van der Waals surface area contributed by atoms with Crippen molar-refractivity contribution in [2.45, 2.75) is 39.3 Å². The smallest absolute Gasteiger partial charge is 0.284 e. The molecule has 1 aromatic heterocycles. The average molecular weight is 257 g/mol. The van der Waals surface area contributed by atoms with Crippen molar-refractivity contribution in [2.24, 2.45) is 0 Å². The Bertz CT molecular complexity index is 404. The normalized spacial score (nSPS) is 12.6. The molecule has 90 valence electrons. The van der Waals surface area contributed by atoms with Crippen LogP contribution in [0, 0.1) is 4.91 Å². The second-order valence-electron chi connectivity index (χ2n) is 5.88. The van der Waals surface area contributed by atoms with E-state index in [0.29, 0.717) is 4.66 Å². The molecule has 1 N–H and O–H groups in total. The Hall–Kier alpha value is -0.956. The van der Waals surface area contributed by atoms with Gasteiger partial charge in [0.25, 0.3) is 4.66 Å². The first-order chi connectivity index (χ1) is 7.12. The summed E-state index contributed by atoms with van der Waals surface area (Å²) in [6, 6.07) is 1.88. The summed E-state index contributed by atoms with van der Waals surface area (Å²) in [6.45, 7) is 13.7. The highest BCUT2D eigenvalue weighted by Crippen LogP contribution is 2.25. The topological polar surface area (TPSA) is 54.9 Å². The molecule has 0 fully saturated rings. The molecule has 0 amide bonds. The molecule has 1 heterocycles. The molecule has 0 aromatic carbocycles. The first-order valence-corrected chi connectivity index (χ1v) is 12.3. The summed E-state index contributed by atoms with van der Waals surface area (Å²) in [5, 5.41) is 6.36. The molecule has 1 rings (SSSR count). The second-order valence-corrected chi connectivity index (χ2v) is 15.9. The number of H-pyrrole nitrogens is 1. The molecule has 16 heavy (non-hydrogen) atoms. The maximum Gasteiger partial charge on any atom is 0.284 e. The summed E-state index contributed by atoms with van der Waals surface area (Å²) < 4.78 is 2.96. The fourth-order valence-corrected chi connectivity index (χ4v) is 11.9. The van der Waals surface area contributed by atoms with Crippen molar-refractivity contribution in [1.29, 1.82) is 0 Å². The fourth-order valence-electron chi connectivity index (χ4n) is 2.18. The molecular formula is C9H21N4OSi2+. The lowest BCUT2D eigenvalue weighted by molar-refractivity contribution is -0.627. The van der Waals surface area contributed by atoms with E-state index in [1.54, 1.807) is 6.20 Å². The Labute approximate surface area is 98.3 Å². The van der Waals surface area contributed by atoms with Crippen LogP contribution in [-0.2, 0) is 0 Å². The van der Waals surface area contributed by atoms with E-state index >= 15 is 0 Å². The Morgan fingerprint density at radius 3 is 2.06 bits per heavy atom. The lowest BCUT2D eigenvalue weighted by atomic mass is 10.6. The van der Waals surface area contributed by atoms with Crippen molar-refractivity contribution < 1.29 is 4.66 Å². The molecule has 0 aliphatic heterocycles. The fraction of sp³-hybridized carbons (Fsp3) is 0.667. The predicted octanol–water partition coefficient (Wildman–Crippen LogP) is 1.80. The van der Waals surface area contributed by atoms with Crippen LogP contribution in [0.5, 0.6) is 0 Å². The number of hydrogen-bond acceptors (Lipinski definition) is 3. The summed E-state index contributed by atoms with van der Waals surface area (Å²) >= 11 is 0. The van der Waals surface area contributed by atoms with Gasteiger partial charge in [0.15, 0.2) is 5.82 Å². The molecule has 0 aliphatic carbocycles. The standard InChI is InChI=1S/C9H21N4OSi2/c1-15(2,3)12(16(4,5)6)9-7-8-10-13(14)11-9/h7-8H,1-6H3,(H,10,11,14)/q+1. The minimum atomic E-state index is -1.50. The minimum Gasteiger partial charge on any atom is -0.407 e. The maximum absolute atomic E-state index is 11.2. The number of hydrogen-bond donors (Lipinski definition) is 1. The van der Waals surface area contributed by atoms with Gasteiger partial charge < -0.3 is 4.23 Å². The zero-order valence-electron chi connectivity index (χ0n) is 10.9. The molecule has 0 bridgehead atoms. The van der Waals surface area contributed by atoms with Crippen LogP contribution in [0.15, 0.2) is 12.3 Å². The summed E-state index contributed by atoms with van der Waals surface area (Å²) in [4.78, 5) is 11.2. The van der Waals surface area contributed by atoms with Crippen molar-refractivity contribution in [3.63, 3.8) is 0 Å². The number of aromatic nitrogens is 3. The van der Waals surface area contributed by atoms with Gasteiger partial charge in [0.1, 0.15) is 22.7 Å². The van der Waals surface area contributed by atoms with Gasteiger partial charge in [-0.05, 0) is 0 Å². The molecule has 0 spiro atoms. The van der Waals surface area contributed by atoms with Gasteiger partial charge in [0, 0.05) is 6.07 Å². The SMILES string of the molecule is C[Si](C)(C)N(c1ccn[n+](=O)[nH]1)[Si](C)(C)C. The molecular weight excluding hydrogens is 236 g/mol. The van der Waals surface area contributed by atoms with Gasteiger partial charge in [-0.3, -0.25) is 0 Å². The van der Waals surface area contributed by atoms with Gasteiger partial charge in [-0.15, -0.1) is 0 Å². The Morgan fingerprint density at radius 2 is 1.69 bits per heavy atom. The van der Waals surface area contributed by atoms with E-state index in [-0.39, 0.29) is 0 Å². The highest BCUT2D eigenvalue weighted by molar-refractivity contribution is 6.99. The second kappa shape index (κ2) is 4.13. The molecule has 0 radical (unpaired) electrons. The molecule has 0 saturated heterocycles. The van der Waals surface area contributed by atoms with Gasteiger partial charge in [0.05, 0.1) is 10.0 Å². The van der Waals surface area contributed by atoms with E-state index in [9.17, 15) is 4.91 Å². The highest BCUT2D eigenvalue weighted by atomic mass is 28.4. The number of nitrogens with zero attached hydrogens (tertiary/aromatic N) is 3. The van der Waals surface area contributed by atoms with E-state index in [1.807, 2.05) is 6.07 Å². The molecule has 0 saturated carbocycles. The van der Waals surface area contributed by atoms with Crippen molar-refractivity contribution in [2.75, 3.05) is 4.23 Å². The van der Waals surface area contributed by atoms with E-state index < -0.39 is 16.5 Å². The largest absolute Gasteiger partial charge is 0.407 e. The zero-order chi connectivity index (χ0) is 12.6. The van der Waals surface area contributed by atoms with E-state index in [1.165, 1.54) is 0 Å². The van der Waals surface area contributed by atoms with E-state index in [2.05, 4.69) is 53.7 Å². The van der Waals surface area contributed by atoms with Crippen molar-refractivity contribution in [3.8, 4) is 0 Å². The van der Waals surface area contributed by atoms with Crippen LogP contribution < -0.4 is 8.89 Å². The lowest BCUT2D eigenvalue weighted by Crippen LogP contribution is -2.60. The van der Waals surface area contributed by atoms with Crippen LogP contribution in [0.3, 0.4) is 0 Å². The van der Waals surface area contributed by atoms with Crippen molar-refractivity contribution >= 4 is 22.3 Å². The quantitative estimate of drug-likeness (QED) is 0.663. The Kier molecular flexibility index (Phi) is 3.39. The van der Waals surface area contributed by atoms with Crippen LogP contribution in [0.2, 0.25) is 39.3 Å². The molecule has 7 heteroatoms. The molecule has 5 nitrogen and oxygen atoms in total. The lowest BCUT2D eigenvalue weighted by Gasteiger charge is -2.44.